The summed E-state index contributed by atoms with van der Waals surface area (Å²) in [5.41, 5.74) is 4.69. The molecule has 1 rings (SSSR count). The van der Waals surface area contributed by atoms with Gasteiger partial charge in [-0.25, -0.2) is 4.79 Å². The van der Waals surface area contributed by atoms with Gasteiger partial charge in [0.2, 0.25) is 0 Å². The lowest BCUT2D eigenvalue weighted by atomic mass is 10.3. The molecule has 1 aromatic rings. The lowest BCUT2D eigenvalue weighted by Gasteiger charge is -2.08. The number of hydrogen-bond donors (Lipinski definition) is 1. The predicted octanol–water partition coefficient (Wildman–Crippen LogP) is 2.04. The standard InChI is InChI=1S/C8H6F3NO3/c9-8(10,11)15-6-3-1-5(2-4-6)14-7(12)13/h1-4H,(H2,12,13). The monoisotopic (exact) mass is 221 g/mol. The third kappa shape index (κ3) is 4.21. The molecule has 0 saturated carbocycles. The van der Waals surface area contributed by atoms with Crippen LogP contribution in [0.25, 0.3) is 0 Å². The van der Waals surface area contributed by atoms with Crippen molar-refractivity contribution >= 4 is 6.09 Å². The van der Waals surface area contributed by atoms with Gasteiger partial charge >= 0.3 is 12.5 Å². The Morgan fingerprint density at radius 1 is 1.13 bits per heavy atom. The summed E-state index contributed by atoms with van der Waals surface area (Å²) in [4.78, 5) is 10.3. The van der Waals surface area contributed by atoms with Crippen LogP contribution in [0.1, 0.15) is 0 Å². The van der Waals surface area contributed by atoms with Gasteiger partial charge in [-0.1, -0.05) is 0 Å². The summed E-state index contributed by atoms with van der Waals surface area (Å²) in [6, 6.07) is 4.27. The van der Waals surface area contributed by atoms with E-state index in [9.17, 15) is 18.0 Å². The van der Waals surface area contributed by atoms with Gasteiger partial charge in [-0.3, -0.25) is 0 Å². The number of benzene rings is 1. The molecule has 0 saturated heterocycles. The van der Waals surface area contributed by atoms with Crippen molar-refractivity contribution in [3.63, 3.8) is 0 Å². The van der Waals surface area contributed by atoms with Crippen LogP contribution in [0.15, 0.2) is 24.3 Å². The van der Waals surface area contributed by atoms with Crippen LogP contribution in [0.2, 0.25) is 0 Å². The molecule has 2 N–H and O–H groups in total. The second-order valence-electron chi connectivity index (χ2n) is 2.44. The fourth-order valence-corrected chi connectivity index (χ4v) is 0.826. The molecule has 1 amide bonds. The van der Waals surface area contributed by atoms with E-state index < -0.39 is 18.2 Å². The van der Waals surface area contributed by atoms with Gasteiger partial charge in [0.1, 0.15) is 11.5 Å². The number of carbonyl (C=O) groups is 1. The van der Waals surface area contributed by atoms with E-state index in [2.05, 4.69) is 9.47 Å². The van der Waals surface area contributed by atoms with E-state index in [4.69, 9.17) is 5.73 Å². The van der Waals surface area contributed by atoms with E-state index in [0.29, 0.717) is 0 Å². The molecule has 0 aliphatic carbocycles. The molecule has 15 heavy (non-hydrogen) atoms. The van der Waals surface area contributed by atoms with E-state index in [1.54, 1.807) is 0 Å². The van der Waals surface area contributed by atoms with Crippen LogP contribution in [-0.2, 0) is 0 Å². The van der Waals surface area contributed by atoms with Crippen molar-refractivity contribution in [3.05, 3.63) is 24.3 Å². The second kappa shape index (κ2) is 4.07. The van der Waals surface area contributed by atoms with Gasteiger partial charge in [0.15, 0.2) is 0 Å². The number of rotatable bonds is 2. The lowest BCUT2D eigenvalue weighted by molar-refractivity contribution is -0.274. The Labute approximate surface area is 82.4 Å². The second-order valence-corrected chi connectivity index (χ2v) is 2.44. The van der Waals surface area contributed by atoms with E-state index in [1.807, 2.05) is 0 Å². The first-order chi connectivity index (χ1) is 6.87. The molecule has 7 heteroatoms. The minimum absolute atomic E-state index is 0.0389. The first-order valence-corrected chi connectivity index (χ1v) is 3.70. The topological polar surface area (TPSA) is 61.6 Å². The summed E-state index contributed by atoms with van der Waals surface area (Å²) in [5.74, 6) is -0.364. The maximum absolute atomic E-state index is 11.7. The lowest BCUT2D eigenvalue weighted by Crippen LogP contribution is -2.17. The average Bonchev–Trinajstić information content (AvgIpc) is 2.05. The Morgan fingerprint density at radius 2 is 1.60 bits per heavy atom. The maximum atomic E-state index is 11.7. The van der Waals surface area contributed by atoms with Crippen LogP contribution < -0.4 is 15.2 Å². The highest BCUT2D eigenvalue weighted by Crippen LogP contribution is 2.24. The predicted molar refractivity (Wildman–Crippen MR) is 43.3 cm³/mol. The van der Waals surface area contributed by atoms with Gasteiger partial charge in [0.25, 0.3) is 0 Å². The highest BCUT2D eigenvalue weighted by atomic mass is 19.4. The largest absolute Gasteiger partial charge is 0.573 e. The van der Waals surface area contributed by atoms with Crippen LogP contribution in [-0.4, -0.2) is 12.5 Å². The van der Waals surface area contributed by atoms with Crippen molar-refractivity contribution in [2.45, 2.75) is 6.36 Å². The van der Waals surface area contributed by atoms with Crippen LogP contribution in [0.3, 0.4) is 0 Å². The molecule has 0 atom stereocenters. The van der Waals surface area contributed by atoms with Gasteiger partial charge in [-0.05, 0) is 24.3 Å². The van der Waals surface area contributed by atoms with Gasteiger partial charge in [0, 0.05) is 0 Å². The van der Waals surface area contributed by atoms with Gasteiger partial charge in [0.05, 0.1) is 0 Å². The molecular weight excluding hydrogens is 215 g/mol. The SMILES string of the molecule is NC(=O)Oc1ccc(OC(F)(F)F)cc1. The van der Waals surface area contributed by atoms with Crippen molar-refractivity contribution in [2.24, 2.45) is 5.73 Å². The summed E-state index contributed by atoms with van der Waals surface area (Å²) >= 11 is 0. The van der Waals surface area contributed by atoms with E-state index in [0.717, 1.165) is 24.3 Å². The highest BCUT2D eigenvalue weighted by molar-refractivity contribution is 5.68. The normalized spacial score (nSPS) is 10.9. The summed E-state index contributed by atoms with van der Waals surface area (Å²) < 4.78 is 43.2. The molecular formula is C8H6F3NO3. The molecule has 0 fully saturated rings. The molecule has 0 radical (unpaired) electrons. The quantitative estimate of drug-likeness (QED) is 0.831. The third-order valence-corrected chi connectivity index (χ3v) is 1.28. The molecule has 4 nitrogen and oxygen atoms in total. The smallest absolute Gasteiger partial charge is 0.411 e. The van der Waals surface area contributed by atoms with Crippen LogP contribution in [0.4, 0.5) is 18.0 Å². The molecule has 0 aliphatic rings. The van der Waals surface area contributed by atoms with Gasteiger partial charge in [-0.15, -0.1) is 13.2 Å². The van der Waals surface area contributed by atoms with Crippen molar-refractivity contribution in [1.82, 2.24) is 0 Å². The molecule has 0 unspecified atom stereocenters. The molecule has 0 spiro atoms. The number of ether oxygens (including phenoxy) is 2. The summed E-state index contributed by atoms with van der Waals surface area (Å²) in [6.07, 6.45) is -5.79. The number of alkyl halides is 3. The Balaban J connectivity index is 2.68. The van der Waals surface area contributed by atoms with Crippen LogP contribution in [0.5, 0.6) is 11.5 Å². The van der Waals surface area contributed by atoms with Crippen molar-refractivity contribution in [2.75, 3.05) is 0 Å². The maximum Gasteiger partial charge on any atom is 0.573 e. The minimum atomic E-state index is -4.74. The van der Waals surface area contributed by atoms with Crippen LogP contribution >= 0.6 is 0 Å². The van der Waals surface area contributed by atoms with Gasteiger partial charge < -0.3 is 15.2 Å². The van der Waals surface area contributed by atoms with E-state index in [1.165, 1.54) is 0 Å². The minimum Gasteiger partial charge on any atom is -0.411 e. The van der Waals surface area contributed by atoms with E-state index in [-0.39, 0.29) is 5.75 Å². The number of primary amides is 1. The number of carbonyl (C=O) groups excluding carboxylic acids is 1. The van der Waals surface area contributed by atoms with Crippen molar-refractivity contribution in [1.29, 1.82) is 0 Å². The Hall–Kier alpha value is -1.92. The first kappa shape index (κ1) is 11.2. The Bertz CT molecular complexity index is 347. The fraction of sp³-hybridized carbons (Fsp3) is 0.125. The Morgan fingerprint density at radius 3 is 2.00 bits per heavy atom. The molecule has 1 aromatic carbocycles. The molecule has 0 aliphatic heterocycles. The zero-order valence-electron chi connectivity index (χ0n) is 7.25. The molecule has 0 aromatic heterocycles. The van der Waals surface area contributed by atoms with E-state index >= 15 is 0 Å². The summed E-state index contributed by atoms with van der Waals surface area (Å²) in [7, 11) is 0. The molecule has 0 heterocycles. The first-order valence-electron chi connectivity index (χ1n) is 3.70. The zero-order valence-corrected chi connectivity index (χ0v) is 7.25. The molecule has 82 valence electrons. The summed E-state index contributed by atoms with van der Waals surface area (Å²) in [5, 5.41) is 0. The average molecular weight is 221 g/mol. The number of hydrogen-bond acceptors (Lipinski definition) is 3. The third-order valence-electron chi connectivity index (χ3n) is 1.28. The number of halogens is 3. The molecule has 0 bridgehead atoms. The van der Waals surface area contributed by atoms with Gasteiger partial charge in [-0.2, -0.15) is 0 Å². The van der Waals surface area contributed by atoms with Crippen LogP contribution in [0, 0.1) is 0 Å². The van der Waals surface area contributed by atoms with Crippen molar-refractivity contribution in [3.8, 4) is 11.5 Å². The zero-order chi connectivity index (χ0) is 11.5. The fourth-order valence-electron chi connectivity index (χ4n) is 0.826. The highest BCUT2D eigenvalue weighted by Gasteiger charge is 2.30. The van der Waals surface area contributed by atoms with Crippen molar-refractivity contribution < 1.29 is 27.4 Å². The number of amides is 1. The Kier molecular flexibility index (Phi) is 3.03. The number of nitrogens with two attached hydrogens (primary N) is 1. The summed E-state index contributed by atoms with van der Waals surface area (Å²) in [6.45, 7) is 0.